The van der Waals surface area contributed by atoms with Crippen LogP contribution in [0.25, 0.3) is 0 Å². The van der Waals surface area contributed by atoms with Crippen molar-refractivity contribution in [3.05, 3.63) is 36.2 Å². The molecular weight excluding hydrogens is 176 g/mol. The second-order valence-corrected chi connectivity index (χ2v) is 1.31. The molecule has 4 heteroatoms. The summed E-state index contributed by atoms with van der Waals surface area (Å²) in [6, 6.07) is 2.29. The van der Waals surface area contributed by atoms with Crippen LogP contribution in [0.5, 0.6) is 5.75 Å². The monoisotopic (exact) mass is 183 g/mol. The van der Waals surface area contributed by atoms with Crippen LogP contribution < -0.4 is 5.63 Å². The number of hydrogen-bond acceptors (Lipinski definition) is 3. The minimum Gasteiger partial charge on any atom is -0.508 e. The molecule has 0 saturated heterocycles. The molecule has 1 aromatic rings. The van der Waals surface area contributed by atoms with Crippen LogP contribution in [0.15, 0.2) is 27.6 Å². The first-order valence-corrected chi connectivity index (χ1v) is 2.07. The van der Waals surface area contributed by atoms with Crippen LogP contribution in [0.2, 0.25) is 0 Å². The summed E-state index contributed by atoms with van der Waals surface area (Å²) in [6.45, 7) is 0. The van der Waals surface area contributed by atoms with E-state index in [1.54, 1.807) is 0 Å². The quantitative estimate of drug-likeness (QED) is 0.477. The van der Waals surface area contributed by atoms with Gasteiger partial charge in [-0.15, -0.1) is 0 Å². The van der Waals surface area contributed by atoms with Crippen molar-refractivity contribution in [1.29, 1.82) is 0 Å². The fourth-order valence-corrected chi connectivity index (χ4v) is 0.374. The van der Waals surface area contributed by atoms with Crippen molar-refractivity contribution < 1.29 is 26.6 Å². The van der Waals surface area contributed by atoms with Crippen LogP contribution in [-0.4, -0.2) is 5.11 Å². The Labute approximate surface area is 69.2 Å². The number of hydrogen-bond donors (Lipinski definition) is 1. The van der Waals surface area contributed by atoms with Gasteiger partial charge in [-0.05, 0) is 0 Å². The van der Waals surface area contributed by atoms with Gasteiger partial charge in [-0.25, -0.2) is 4.79 Å². The zero-order valence-electron chi connectivity index (χ0n) is 5.35. The average molecular weight is 183 g/mol. The van der Waals surface area contributed by atoms with Gasteiger partial charge in [0.1, 0.15) is 5.75 Å². The van der Waals surface area contributed by atoms with E-state index in [0.29, 0.717) is 0 Å². The molecule has 1 aromatic heterocycles. The van der Waals surface area contributed by atoms with Crippen molar-refractivity contribution in [3.8, 4) is 5.75 Å². The minimum atomic E-state index is -0.537. The zero-order chi connectivity index (χ0) is 5.98. The number of aromatic hydroxyl groups is 1. The van der Waals surface area contributed by atoms with Crippen LogP contribution in [0, 0.1) is 7.43 Å². The third-order valence-corrected chi connectivity index (χ3v) is 0.689. The van der Waals surface area contributed by atoms with Crippen LogP contribution in [0.1, 0.15) is 0 Å². The minimum absolute atomic E-state index is 0. The average Bonchev–Trinajstić information content (AvgIpc) is 1.64. The molecule has 1 heterocycles. The summed E-state index contributed by atoms with van der Waals surface area (Å²) in [7, 11) is 0. The molecule has 0 spiro atoms. The fourth-order valence-electron chi connectivity index (χ4n) is 0.374. The summed E-state index contributed by atoms with van der Waals surface area (Å²) in [5.74, 6) is -0.0683. The SMILES string of the molecule is O=c1cc(O)cco1.[CH3-].[Fe]. The molecule has 0 saturated carbocycles. The van der Waals surface area contributed by atoms with Crippen LogP contribution in [0.3, 0.4) is 0 Å². The van der Waals surface area contributed by atoms with E-state index in [-0.39, 0.29) is 30.2 Å². The molecule has 0 radical (unpaired) electrons. The van der Waals surface area contributed by atoms with Crippen LogP contribution >= 0.6 is 0 Å². The van der Waals surface area contributed by atoms with Crippen molar-refractivity contribution in [2.45, 2.75) is 0 Å². The van der Waals surface area contributed by atoms with E-state index in [1.165, 1.54) is 6.07 Å². The molecule has 1 N–H and O–H groups in total. The van der Waals surface area contributed by atoms with Gasteiger partial charge >= 0.3 is 5.63 Å². The molecule has 0 bridgehead atoms. The molecule has 0 atom stereocenters. The van der Waals surface area contributed by atoms with Gasteiger partial charge in [0.05, 0.1) is 12.3 Å². The first-order chi connectivity index (χ1) is 3.79. The fraction of sp³-hybridized carbons (Fsp3) is 0. The molecular formula is C6H7FeO3-. The van der Waals surface area contributed by atoms with Gasteiger partial charge in [-0.2, -0.15) is 0 Å². The zero-order valence-corrected chi connectivity index (χ0v) is 6.45. The maximum Gasteiger partial charge on any atom is 0.339 e. The predicted molar refractivity (Wildman–Crippen MR) is 33.1 cm³/mol. The van der Waals surface area contributed by atoms with Crippen molar-refractivity contribution in [2.75, 3.05) is 0 Å². The standard InChI is InChI=1S/C5H4O3.CH3.Fe/c6-4-1-2-8-5(7)3-4;;/h1-3,6H;1H3;/q;-1;. The predicted octanol–water partition coefficient (Wildman–Crippen LogP) is 0.793. The summed E-state index contributed by atoms with van der Waals surface area (Å²) < 4.78 is 4.29. The molecule has 0 aromatic carbocycles. The molecule has 0 aliphatic carbocycles. The Balaban J connectivity index is 0. The Hall–Kier alpha value is -0.731. The molecule has 0 aliphatic heterocycles. The molecule has 0 unspecified atom stereocenters. The van der Waals surface area contributed by atoms with Crippen molar-refractivity contribution in [3.63, 3.8) is 0 Å². The second kappa shape index (κ2) is 5.09. The van der Waals surface area contributed by atoms with Gasteiger partial charge < -0.3 is 17.0 Å². The molecule has 58 valence electrons. The molecule has 0 fully saturated rings. The van der Waals surface area contributed by atoms with Gasteiger partial charge in [-0.1, -0.05) is 0 Å². The smallest absolute Gasteiger partial charge is 0.339 e. The molecule has 0 aliphatic rings. The van der Waals surface area contributed by atoms with Gasteiger partial charge in [-0.3, -0.25) is 0 Å². The van der Waals surface area contributed by atoms with E-state index < -0.39 is 5.63 Å². The maximum absolute atomic E-state index is 10.2. The summed E-state index contributed by atoms with van der Waals surface area (Å²) >= 11 is 0. The van der Waals surface area contributed by atoms with Crippen molar-refractivity contribution in [2.24, 2.45) is 0 Å². The first kappa shape index (κ1) is 12.0. The Kier molecular flexibility index (Phi) is 6.10. The van der Waals surface area contributed by atoms with E-state index in [2.05, 4.69) is 4.42 Å². The van der Waals surface area contributed by atoms with Crippen LogP contribution in [-0.2, 0) is 17.1 Å². The van der Waals surface area contributed by atoms with E-state index in [4.69, 9.17) is 5.11 Å². The van der Waals surface area contributed by atoms with Gasteiger partial charge in [0.25, 0.3) is 0 Å². The van der Waals surface area contributed by atoms with E-state index >= 15 is 0 Å². The topological polar surface area (TPSA) is 50.4 Å². The van der Waals surface area contributed by atoms with Gasteiger partial charge in [0.2, 0.25) is 0 Å². The summed E-state index contributed by atoms with van der Waals surface area (Å²) in [5, 5.41) is 8.55. The first-order valence-electron chi connectivity index (χ1n) is 2.07. The molecule has 3 nitrogen and oxygen atoms in total. The third-order valence-electron chi connectivity index (χ3n) is 0.689. The van der Waals surface area contributed by atoms with E-state index in [9.17, 15) is 4.79 Å². The molecule has 10 heavy (non-hydrogen) atoms. The van der Waals surface area contributed by atoms with Crippen LogP contribution in [0.4, 0.5) is 0 Å². The molecule has 0 amide bonds. The summed E-state index contributed by atoms with van der Waals surface area (Å²) in [4.78, 5) is 10.2. The van der Waals surface area contributed by atoms with Crippen molar-refractivity contribution >= 4 is 0 Å². The normalized spacial score (nSPS) is 7.20. The molecule has 1 rings (SSSR count). The van der Waals surface area contributed by atoms with Crippen molar-refractivity contribution in [1.82, 2.24) is 0 Å². The largest absolute Gasteiger partial charge is 0.508 e. The Morgan fingerprint density at radius 1 is 1.50 bits per heavy atom. The van der Waals surface area contributed by atoms with Gasteiger partial charge in [0, 0.05) is 23.1 Å². The van der Waals surface area contributed by atoms with Gasteiger partial charge in [0.15, 0.2) is 0 Å². The van der Waals surface area contributed by atoms with E-state index in [0.717, 1.165) is 12.3 Å². The summed E-state index contributed by atoms with van der Waals surface area (Å²) in [5.41, 5.74) is -0.537. The Morgan fingerprint density at radius 2 is 2.10 bits per heavy atom. The Morgan fingerprint density at radius 3 is 2.40 bits per heavy atom. The van der Waals surface area contributed by atoms with E-state index in [1.807, 2.05) is 0 Å². The number of rotatable bonds is 0. The summed E-state index contributed by atoms with van der Waals surface area (Å²) in [6.07, 6.45) is 1.14. The maximum atomic E-state index is 10.2. The third kappa shape index (κ3) is 3.33. The Bertz CT molecular complexity index is 230. The second-order valence-electron chi connectivity index (χ2n) is 1.31.